The lowest BCUT2D eigenvalue weighted by molar-refractivity contribution is -0.122. The zero-order chi connectivity index (χ0) is 21.3. The number of halogens is 2. The van der Waals surface area contributed by atoms with E-state index in [1.807, 2.05) is 36.4 Å². The molecule has 1 saturated heterocycles. The van der Waals surface area contributed by atoms with Crippen LogP contribution < -0.4 is 0 Å². The largest absolute Gasteiger partial charge is 0.383 e. The Morgan fingerprint density at radius 3 is 2.73 bits per heavy atom. The second kappa shape index (κ2) is 9.24. The molecule has 0 spiro atoms. The molecule has 0 radical (unpaired) electrons. The van der Waals surface area contributed by atoms with Crippen LogP contribution in [0.25, 0.3) is 17.0 Å². The monoisotopic (exact) mass is 520 g/mol. The minimum Gasteiger partial charge on any atom is -0.383 e. The van der Waals surface area contributed by atoms with Crippen LogP contribution in [-0.2, 0) is 16.1 Å². The number of thioether (sulfide) groups is 1. The van der Waals surface area contributed by atoms with Crippen molar-refractivity contribution in [2.45, 2.75) is 6.54 Å². The van der Waals surface area contributed by atoms with Crippen LogP contribution in [0, 0.1) is 0 Å². The van der Waals surface area contributed by atoms with Gasteiger partial charge in [-0.15, -0.1) is 0 Å². The third-order valence-corrected chi connectivity index (χ3v) is 6.94. The number of methoxy groups -OCH3 is 1. The van der Waals surface area contributed by atoms with Gasteiger partial charge < -0.3 is 9.30 Å². The van der Waals surface area contributed by atoms with Gasteiger partial charge in [-0.2, -0.15) is 0 Å². The molecule has 1 amide bonds. The summed E-state index contributed by atoms with van der Waals surface area (Å²) in [6, 6.07) is 14.0. The molecule has 1 aliphatic heterocycles. The summed E-state index contributed by atoms with van der Waals surface area (Å²) in [6.07, 6.45) is 4.01. The van der Waals surface area contributed by atoms with Gasteiger partial charge in [0.1, 0.15) is 4.32 Å². The first-order valence-corrected chi connectivity index (χ1v) is 11.6. The van der Waals surface area contributed by atoms with Crippen molar-refractivity contribution < 1.29 is 9.53 Å². The van der Waals surface area contributed by atoms with E-state index in [9.17, 15) is 4.79 Å². The molecule has 3 aromatic rings. The number of amides is 1. The zero-order valence-electron chi connectivity index (χ0n) is 16.1. The molecule has 0 N–H and O–H groups in total. The lowest BCUT2D eigenvalue weighted by Gasteiger charge is -2.12. The second-order valence-electron chi connectivity index (χ2n) is 6.83. The molecule has 0 bridgehead atoms. The molecule has 2 aromatic carbocycles. The van der Waals surface area contributed by atoms with Gasteiger partial charge >= 0.3 is 0 Å². The van der Waals surface area contributed by atoms with Crippen molar-refractivity contribution in [3.8, 4) is 0 Å². The normalized spacial score (nSPS) is 15.7. The Morgan fingerprint density at radius 2 is 2.00 bits per heavy atom. The van der Waals surface area contributed by atoms with Crippen LogP contribution in [0.15, 0.2) is 58.0 Å². The number of carbonyl (C=O) groups excluding carboxylic acids is 1. The Hall–Kier alpha value is -1.64. The Labute approximate surface area is 198 Å². The number of benzene rings is 2. The summed E-state index contributed by atoms with van der Waals surface area (Å²) < 4.78 is 8.83. The van der Waals surface area contributed by atoms with Crippen LogP contribution in [0.1, 0.15) is 11.1 Å². The highest BCUT2D eigenvalue weighted by atomic mass is 79.9. The maximum absolute atomic E-state index is 12.8. The molecule has 1 aliphatic rings. The third kappa shape index (κ3) is 4.50. The average Bonchev–Trinajstić information content (AvgIpc) is 3.18. The summed E-state index contributed by atoms with van der Waals surface area (Å²) >= 11 is 16.3. The molecule has 0 saturated carbocycles. The number of fused-ring (bicyclic) bond motifs is 1. The van der Waals surface area contributed by atoms with Crippen LogP contribution >= 0.6 is 51.5 Å². The number of hydrogen-bond acceptors (Lipinski definition) is 4. The number of hydrogen-bond donors (Lipinski definition) is 0. The van der Waals surface area contributed by atoms with Crippen molar-refractivity contribution in [1.82, 2.24) is 9.47 Å². The van der Waals surface area contributed by atoms with E-state index >= 15 is 0 Å². The van der Waals surface area contributed by atoms with Crippen LogP contribution in [-0.4, -0.2) is 40.0 Å². The molecule has 8 heteroatoms. The smallest absolute Gasteiger partial charge is 0.266 e. The molecule has 4 nitrogen and oxygen atoms in total. The van der Waals surface area contributed by atoms with E-state index in [-0.39, 0.29) is 5.91 Å². The van der Waals surface area contributed by atoms with Crippen molar-refractivity contribution in [2.75, 3.05) is 20.3 Å². The maximum Gasteiger partial charge on any atom is 0.266 e. The third-order valence-electron chi connectivity index (χ3n) is 4.82. The Balaban J connectivity index is 1.71. The molecule has 4 rings (SSSR count). The zero-order valence-corrected chi connectivity index (χ0v) is 20.1. The number of rotatable bonds is 6. The van der Waals surface area contributed by atoms with Crippen molar-refractivity contribution >= 4 is 78.7 Å². The summed E-state index contributed by atoms with van der Waals surface area (Å²) in [6.45, 7) is 1.62. The van der Waals surface area contributed by atoms with E-state index in [0.717, 1.165) is 31.5 Å². The van der Waals surface area contributed by atoms with Crippen molar-refractivity contribution in [3.05, 3.63) is 74.2 Å². The first-order valence-electron chi connectivity index (χ1n) is 9.23. The first-order chi connectivity index (χ1) is 14.5. The van der Waals surface area contributed by atoms with Crippen molar-refractivity contribution in [2.24, 2.45) is 0 Å². The Kier molecular flexibility index (Phi) is 6.65. The summed E-state index contributed by atoms with van der Waals surface area (Å²) in [7, 11) is 1.61. The van der Waals surface area contributed by atoms with Gasteiger partial charge in [-0.3, -0.25) is 9.69 Å². The fourth-order valence-corrected chi connectivity index (χ4v) is 5.13. The fourth-order valence-electron chi connectivity index (χ4n) is 3.35. The van der Waals surface area contributed by atoms with Crippen molar-refractivity contribution in [1.29, 1.82) is 0 Å². The standard InChI is InChI=1S/C22H18BrClN2O2S2/c1-28-9-8-26-21(27)20(30-22(26)29)10-15-13-25(12-14-2-5-17(24)6-3-14)19-7-4-16(23)11-18(15)19/h2-7,10-11,13H,8-9,12H2,1H3/b20-10-. The summed E-state index contributed by atoms with van der Waals surface area (Å²) in [5, 5.41) is 1.79. The predicted molar refractivity (Wildman–Crippen MR) is 132 cm³/mol. The predicted octanol–water partition coefficient (Wildman–Crippen LogP) is 5.95. The number of aromatic nitrogens is 1. The number of nitrogens with zero attached hydrogens (tertiary/aromatic N) is 2. The topological polar surface area (TPSA) is 34.5 Å². The lowest BCUT2D eigenvalue weighted by Crippen LogP contribution is -2.31. The minimum absolute atomic E-state index is 0.0735. The van der Waals surface area contributed by atoms with Crippen molar-refractivity contribution in [3.63, 3.8) is 0 Å². The highest BCUT2D eigenvalue weighted by Crippen LogP contribution is 2.35. The molecular formula is C22H18BrClN2O2S2. The second-order valence-corrected chi connectivity index (χ2v) is 9.85. The molecule has 0 unspecified atom stereocenters. The highest BCUT2D eigenvalue weighted by molar-refractivity contribution is 9.10. The van der Waals surface area contributed by atoms with E-state index in [2.05, 4.69) is 38.8 Å². The molecule has 154 valence electrons. The molecule has 0 aliphatic carbocycles. The Bertz CT molecular complexity index is 1160. The quantitative estimate of drug-likeness (QED) is 0.296. The lowest BCUT2D eigenvalue weighted by atomic mass is 10.1. The molecule has 1 aromatic heterocycles. The van der Waals surface area contributed by atoms with Crippen LogP contribution in [0.4, 0.5) is 0 Å². The molecule has 2 heterocycles. The van der Waals surface area contributed by atoms with E-state index in [0.29, 0.717) is 28.9 Å². The van der Waals surface area contributed by atoms with Gasteiger partial charge in [-0.25, -0.2) is 0 Å². The number of carbonyl (C=O) groups is 1. The number of ether oxygens (including phenoxy) is 1. The highest BCUT2D eigenvalue weighted by Gasteiger charge is 2.31. The molecule has 30 heavy (non-hydrogen) atoms. The van der Waals surface area contributed by atoms with Gasteiger partial charge in [0.05, 0.1) is 18.1 Å². The fraction of sp³-hybridized carbons (Fsp3) is 0.182. The van der Waals surface area contributed by atoms with Gasteiger partial charge in [0, 0.05) is 45.8 Å². The average molecular weight is 522 g/mol. The molecule has 0 atom stereocenters. The van der Waals surface area contributed by atoms with E-state index in [1.54, 1.807) is 12.0 Å². The summed E-state index contributed by atoms with van der Waals surface area (Å²) in [5.74, 6) is -0.0735. The maximum atomic E-state index is 12.8. The van der Waals surface area contributed by atoms with E-state index < -0.39 is 0 Å². The van der Waals surface area contributed by atoms with E-state index in [1.165, 1.54) is 11.8 Å². The molecule has 1 fully saturated rings. The van der Waals surface area contributed by atoms with Crippen LogP contribution in [0.2, 0.25) is 5.02 Å². The van der Waals surface area contributed by atoms with Gasteiger partial charge in [0.25, 0.3) is 5.91 Å². The van der Waals surface area contributed by atoms with Crippen LogP contribution in [0.5, 0.6) is 0 Å². The molecular weight excluding hydrogens is 504 g/mol. The first kappa shape index (κ1) is 21.6. The van der Waals surface area contributed by atoms with Gasteiger partial charge in [0.2, 0.25) is 0 Å². The summed E-state index contributed by atoms with van der Waals surface area (Å²) in [5.41, 5.74) is 3.22. The Morgan fingerprint density at radius 1 is 1.23 bits per heavy atom. The van der Waals surface area contributed by atoms with Gasteiger partial charge in [-0.1, -0.05) is 63.6 Å². The minimum atomic E-state index is -0.0735. The van der Waals surface area contributed by atoms with Crippen LogP contribution in [0.3, 0.4) is 0 Å². The number of thiocarbonyl (C=S) groups is 1. The summed E-state index contributed by atoms with van der Waals surface area (Å²) in [4.78, 5) is 15.0. The van der Waals surface area contributed by atoms with Gasteiger partial charge in [-0.05, 0) is 42.0 Å². The van der Waals surface area contributed by atoms with Gasteiger partial charge in [0.15, 0.2) is 0 Å². The SMILES string of the molecule is COCCN1C(=O)/C(=C/c2cn(Cc3ccc(Cl)cc3)c3ccc(Br)cc23)SC1=S. The van der Waals surface area contributed by atoms with E-state index in [4.69, 9.17) is 28.6 Å².